The maximum atomic E-state index is 13.6. The fourth-order valence-electron chi connectivity index (χ4n) is 1.90. The van der Waals surface area contributed by atoms with Crippen LogP contribution in [0.1, 0.15) is 30.0 Å². The van der Waals surface area contributed by atoms with Gasteiger partial charge in [0.05, 0.1) is 4.47 Å². The molecule has 0 amide bonds. The average molecular weight is 342 g/mol. The van der Waals surface area contributed by atoms with Gasteiger partial charge in [-0.15, -0.1) is 0 Å². The number of nitrogens with zero attached hydrogens (tertiary/aromatic N) is 1. The minimum Gasteiger partial charge on any atom is -0.477 e. The number of hydrogen-bond acceptors (Lipinski definition) is 3. The number of rotatable bonds is 4. The molecule has 0 radical (unpaired) electrons. The Labute approximate surface area is 123 Å². The fraction of sp³-hybridized carbons (Fsp3) is 0.286. The number of aromatic nitrogens is 1. The number of halogens is 2. The van der Waals surface area contributed by atoms with Crippen LogP contribution in [0.25, 0.3) is 11.3 Å². The number of benzene rings is 1. The van der Waals surface area contributed by atoms with Crippen LogP contribution < -0.4 is 0 Å². The zero-order chi connectivity index (χ0) is 14.9. The Hall–Kier alpha value is -1.69. The van der Waals surface area contributed by atoms with Crippen molar-refractivity contribution < 1.29 is 18.8 Å². The number of carbonyl (C=O) groups is 1. The van der Waals surface area contributed by atoms with Gasteiger partial charge in [-0.05, 0) is 34.0 Å². The molecule has 0 aliphatic rings. The van der Waals surface area contributed by atoms with Gasteiger partial charge in [0.15, 0.2) is 5.76 Å². The number of hydrogen-bond donors (Lipinski definition) is 1. The summed E-state index contributed by atoms with van der Waals surface area (Å²) in [7, 11) is 0. The molecule has 0 saturated carbocycles. The van der Waals surface area contributed by atoms with Gasteiger partial charge in [0, 0.05) is 12.0 Å². The molecule has 2 rings (SSSR count). The highest BCUT2D eigenvalue weighted by Gasteiger charge is 2.24. The van der Waals surface area contributed by atoms with Crippen molar-refractivity contribution in [3.8, 4) is 11.3 Å². The number of carboxylic acids is 1. The normalized spacial score (nSPS) is 11.1. The van der Waals surface area contributed by atoms with E-state index in [-0.39, 0.29) is 17.2 Å². The molecule has 2 aromatic rings. The molecule has 0 aliphatic carbocycles. The predicted octanol–water partition coefficient (Wildman–Crippen LogP) is 4.14. The predicted molar refractivity (Wildman–Crippen MR) is 75.1 cm³/mol. The molecule has 0 saturated heterocycles. The lowest BCUT2D eigenvalue weighted by molar-refractivity contribution is 0.0695. The summed E-state index contributed by atoms with van der Waals surface area (Å²) in [4.78, 5) is 11.4. The van der Waals surface area contributed by atoms with Crippen molar-refractivity contribution in [1.82, 2.24) is 5.16 Å². The molecule has 1 aromatic heterocycles. The smallest absolute Gasteiger partial charge is 0.341 e. The van der Waals surface area contributed by atoms with E-state index < -0.39 is 11.8 Å². The third-order valence-corrected chi connectivity index (χ3v) is 3.41. The fourth-order valence-corrected chi connectivity index (χ4v) is 2.14. The second-order valence-corrected chi connectivity index (χ2v) is 5.72. The lowest BCUT2D eigenvalue weighted by atomic mass is 10.0. The lowest BCUT2D eigenvalue weighted by Gasteiger charge is -2.03. The van der Waals surface area contributed by atoms with E-state index in [1.807, 2.05) is 13.8 Å². The summed E-state index contributed by atoms with van der Waals surface area (Å²) < 4.78 is 19.0. The van der Waals surface area contributed by atoms with Crippen LogP contribution in [-0.4, -0.2) is 16.2 Å². The minimum atomic E-state index is -1.12. The summed E-state index contributed by atoms with van der Waals surface area (Å²) in [5.74, 6) is -1.06. The Balaban J connectivity index is 2.53. The molecule has 20 heavy (non-hydrogen) atoms. The highest BCUT2D eigenvalue weighted by Crippen LogP contribution is 2.29. The molecule has 0 aliphatic heterocycles. The van der Waals surface area contributed by atoms with Crippen LogP contribution in [0, 0.1) is 11.7 Å². The summed E-state index contributed by atoms with van der Waals surface area (Å²) in [5.41, 5.74) is 0.529. The monoisotopic (exact) mass is 341 g/mol. The first kappa shape index (κ1) is 14.7. The Morgan fingerprint density at radius 3 is 2.75 bits per heavy atom. The summed E-state index contributed by atoms with van der Waals surface area (Å²) >= 11 is 3.05. The molecule has 1 heterocycles. The summed E-state index contributed by atoms with van der Waals surface area (Å²) in [6.45, 7) is 3.90. The highest BCUT2D eigenvalue weighted by molar-refractivity contribution is 9.10. The first-order valence-corrected chi connectivity index (χ1v) is 6.86. The molecule has 1 N–H and O–H groups in total. The zero-order valence-electron chi connectivity index (χ0n) is 11.0. The Morgan fingerprint density at radius 2 is 2.20 bits per heavy atom. The van der Waals surface area contributed by atoms with Crippen LogP contribution >= 0.6 is 15.9 Å². The first-order valence-electron chi connectivity index (χ1n) is 6.07. The van der Waals surface area contributed by atoms with Crippen molar-refractivity contribution >= 4 is 21.9 Å². The van der Waals surface area contributed by atoms with E-state index in [1.54, 1.807) is 6.07 Å². The van der Waals surface area contributed by atoms with Crippen LogP contribution in [0.5, 0.6) is 0 Å². The second kappa shape index (κ2) is 5.75. The van der Waals surface area contributed by atoms with Crippen LogP contribution in [-0.2, 0) is 6.42 Å². The molecular formula is C14H13BrFNO3. The molecule has 4 nitrogen and oxygen atoms in total. The molecule has 1 aromatic carbocycles. The molecule has 0 bridgehead atoms. The Bertz CT molecular complexity index is 652. The molecule has 0 atom stereocenters. The van der Waals surface area contributed by atoms with E-state index in [9.17, 15) is 14.3 Å². The van der Waals surface area contributed by atoms with Crippen molar-refractivity contribution in [2.75, 3.05) is 0 Å². The van der Waals surface area contributed by atoms with Gasteiger partial charge in [-0.25, -0.2) is 9.18 Å². The topological polar surface area (TPSA) is 63.3 Å². The standard InChI is InChI=1S/C14H13BrFNO3/c1-7(2)5-11-12(14(18)19)13(17-20-11)8-3-4-9(15)10(16)6-8/h3-4,6-7H,5H2,1-2H3,(H,18,19). The molecule has 6 heteroatoms. The third kappa shape index (κ3) is 2.90. The summed E-state index contributed by atoms with van der Waals surface area (Å²) in [5, 5.41) is 13.1. The van der Waals surface area contributed by atoms with Gasteiger partial charge in [0.2, 0.25) is 0 Å². The Kier molecular flexibility index (Phi) is 4.23. The van der Waals surface area contributed by atoms with E-state index in [1.165, 1.54) is 12.1 Å². The van der Waals surface area contributed by atoms with Crippen molar-refractivity contribution in [3.63, 3.8) is 0 Å². The van der Waals surface area contributed by atoms with Gasteiger partial charge in [-0.3, -0.25) is 0 Å². The van der Waals surface area contributed by atoms with Crippen LogP contribution in [0.4, 0.5) is 4.39 Å². The van der Waals surface area contributed by atoms with Gasteiger partial charge in [0.25, 0.3) is 0 Å². The van der Waals surface area contributed by atoms with E-state index in [0.717, 1.165) is 0 Å². The quantitative estimate of drug-likeness (QED) is 0.907. The minimum absolute atomic E-state index is 0.000391. The largest absolute Gasteiger partial charge is 0.477 e. The van der Waals surface area contributed by atoms with Crippen LogP contribution in [0.2, 0.25) is 0 Å². The van der Waals surface area contributed by atoms with Crippen molar-refractivity contribution in [1.29, 1.82) is 0 Å². The van der Waals surface area contributed by atoms with Crippen molar-refractivity contribution in [2.24, 2.45) is 5.92 Å². The average Bonchev–Trinajstić information content (AvgIpc) is 2.75. The number of aromatic carboxylic acids is 1. The third-order valence-electron chi connectivity index (χ3n) is 2.76. The molecule has 106 valence electrons. The second-order valence-electron chi connectivity index (χ2n) is 4.86. The number of carboxylic acid groups (broad SMARTS) is 1. The first-order chi connectivity index (χ1) is 9.40. The molecule has 0 spiro atoms. The lowest BCUT2D eigenvalue weighted by Crippen LogP contribution is -2.04. The van der Waals surface area contributed by atoms with Gasteiger partial charge in [-0.1, -0.05) is 25.1 Å². The maximum absolute atomic E-state index is 13.6. The van der Waals surface area contributed by atoms with E-state index in [2.05, 4.69) is 21.1 Å². The van der Waals surface area contributed by atoms with Gasteiger partial charge >= 0.3 is 5.97 Å². The van der Waals surface area contributed by atoms with Gasteiger partial charge in [-0.2, -0.15) is 0 Å². The summed E-state index contributed by atoms with van der Waals surface area (Å²) in [6, 6.07) is 4.33. The van der Waals surface area contributed by atoms with Gasteiger partial charge < -0.3 is 9.63 Å². The van der Waals surface area contributed by atoms with Crippen molar-refractivity contribution in [2.45, 2.75) is 20.3 Å². The highest BCUT2D eigenvalue weighted by atomic mass is 79.9. The maximum Gasteiger partial charge on any atom is 0.341 e. The van der Waals surface area contributed by atoms with Crippen LogP contribution in [0.15, 0.2) is 27.2 Å². The van der Waals surface area contributed by atoms with Crippen molar-refractivity contribution in [3.05, 3.63) is 39.8 Å². The van der Waals surface area contributed by atoms with Gasteiger partial charge in [0.1, 0.15) is 17.1 Å². The van der Waals surface area contributed by atoms with E-state index in [4.69, 9.17) is 4.52 Å². The molecule has 0 fully saturated rings. The zero-order valence-corrected chi connectivity index (χ0v) is 12.6. The molecule has 0 unspecified atom stereocenters. The SMILES string of the molecule is CC(C)Cc1onc(-c2ccc(Br)c(F)c2)c1C(=O)O. The summed E-state index contributed by atoms with van der Waals surface area (Å²) in [6.07, 6.45) is 0.466. The van der Waals surface area contributed by atoms with E-state index in [0.29, 0.717) is 22.2 Å². The van der Waals surface area contributed by atoms with Crippen LogP contribution in [0.3, 0.4) is 0 Å². The Morgan fingerprint density at radius 1 is 1.50 bits per heavy atom. The van der Waals surface area contributed by atoms with E-state index >= 15 is 0 Å². The molecular weight excluding hydrogens is 329 g/mol.